The van der Waals surface area contributed by atoms with Gasteiger partial charge in [-0.2, -0.15) is 0 Å². The Balaban J connectivity index is 2.64. The lowest BCUT2D eigenvalue weighted by molar-refractivity contribution is 0.0520. The minimum absolute atomic E-state index is 0.176. The zero-order valence-corrected chi connectivity index (χ0v) is 10.8. The SMILES string of the molecule is CCOC(=O)c1c(O)c2c(n(C)c1=O)CC(C)C2. The summed E-state index contributed by atoms with van der Waals surface area (Å²) in [5.41, 5.74) is 0.789. The van der Waals surface area contributed by atoms with Gasteiger partial charge in [-0.15, -0.1) is 0 Å². The summed E-state index contributed by atoms with van der Waals surface area (Å²) >= 11 is 0. The monoisotopic (exact) mass is 251 g/mol. The summed E-state index contributed by atoms with van der Waals surface area (Å²) in [5, 5.41) is 10.1. The molecule has 0 radical (unpaired) electrons. The molecule has 2 rings (SSSR count). The molecule has 0 saturated heterocycles. The number of hydrogen-bond acceptors (Lipinski definition) is 4. The lowest BCUT2D eigenvalue weighted by Gasteiger charge is -2.12. The van der Waals surface area contributed by atoms with E-state index in [0.29, 0.717) is 17.9 Å². The minimum atomic E-state index is -0.752. The van der Waals surface area contributed by atoms with Gasteiger partial charge in [0.25, 0.3) is 5.56 Å². The molecule has 1 heterocycles. The van der Waals surface area contributed by atoms with Crippen LogP contribution >= 0.6 is 0 Å². The van der Waals surface area contributed by atoms with Crippen molar-refractivity contribution in [2.24, 2.45) is 13.0 Å². The molecule has 1 aromatic rings. The highest BCUT2D eigenvalue weighted by atomic mass is 16.5. The highest BCUT2D eigenvalue weighted by molar-refractivity contribution is 5.92. The molecule has 1 atom stereocenters. The molecule has 0 amide bonds. The van der Waals surface area contributed by atoms with E-state index in [2.05, 4.69) is 0 Å². The van der Waals surface area contributed by atoms with Gasteiger partial charge in [-0.05, 0) is 25.7 Å². The first-order valence-electron chi connectivity index (χ1n) is 6.08. The van der Waals surface area contributed by atoms with Crippen molar-refractivity contribution in [2.45, 2.75) is 26.7 Å². The van der Waals surface area contributed by atoms with Crippen molar-refractivity contribution in [1.82, 2.24) is 4.57 Å². The molecule has 0 aliphatic heterocycles. The number of aromatic nitrogens is 1. The molecule has 1 N–H and O–H groups in total. The van der Waals surface area contributed by atoms with E-state index in [4.69, 9.17) is 4.74 Å². The molecule has 0 aromatic carbocycles. The zero-order valence-electron chi connectivity index (χ0n) is 10.8. The van der Waals surface area contributed by atoms with Gasteiger partial charge in [0, 0.05) is 18.3 Å². The number of hydrogen-bond donors (Lipinski definition) is 1. The number of esters is 1. The van der Waals surface area contributed by atoms with Crippen LogP contribution in [0.25, 0.3) is 0 Å². The molecule has 0 spiro atoms. The van der Waals surface area contributed by atoms with Crippen LogP contribution in [0.1, 0.15) is 35.5 Å². The van der Waals surface area contributed by atoms with Gasteiger partial charge in [-0.1, -0.05) is 6.92 Å². The van der Waals surface area contributed by atoms with Crippen LogP contribution in [0.2, 0.25) is 0 Å². The average molecular weight is 251 g/mol. The highest BCUT2D eigenvalue weighted by Crippen LogP contribution is 2.33. The van der Waals surface area contributed by atoms with Gasteiger partial charge in [-0.25, -0.2) is 4.79 Å². The summed E-state index contributed by atoms with van der Waals surface area (Å²) in [5.74, 6) is -0.581. The van der Waals surface area contributed by atoms with E-state index in [1.807, 2.05) is 6.92 Å². The van der Waals surface area contributed by atoms with E-state index in [9.17, 15) is 14.7 Å². The Kier molecular flexibility index (Phi) is 3.15. The standard InChI is InChI=1S/C13H17NO4/c1-4-18-13(17)10-11(15)8-5-7(2)6-9(8)14(3)12(10)16/h7,15H,4-6H2,1-3H3. The predicted octanol–water partition coefficient (Wildman–Crippen LogP) is 1.00. The van der Waals surface area contributed by atoms with E-state index in [1.165, 1.54) is 4.57 Å². The molecule has 5 heteroatoms. The summed E-state index contributed by atoms with van der Waals surface area (Å²) in [6, 6.07) is 0. The van der Waals surface area contributed by atoms with Crippen molar-refractivity contribution >= 4 is 5.97 Å². The molecule has 5 nitrogen and oxygen atoms in total. The van der Waals surface area contributed by atoms with Crippen molar-refractivity contribution in [2.75, 3.05) is 6.61 Å². The highest BCUT2D eigenvalue weighted by Gasteiger charge is 2.30. The summed E-state index contributed by atoms with van der Waals surface area (Å²) < 4.78 is 6.27. The first-order chi connectivity index (χ1) is 8.47. The van der Waals surface area contributed by atoms with Gasteiger partial charge in [0.2, 0.25) is 0 Å². The molecule has 0 saturated carbocycles. The molecule has 18 heavy (non-hydrogen) atoms. The Hall–Kier alpha value is -1.78. The fourth-order valence-electron chi connectivity index (χ4n) is 2.49. The van der Waals surface area contributed by atoms with Crippen molar-refractivity contribution in [1.29, 1.82) is 0 Å². The van der Waals surface area contributed by atoms with Crippen LogP contribution in [0.5, 0.6) is 5.75 Å². The Morgan fingerprint density at radius 1 is 1.50 bits per heavy atom. The van der Waals surface area contributed by atoms with Gasteiger partial charge >= 0.3 is 5.97 Å². The second-order valence-electron chi connectivity index (χ2n) is 4.75. The van der Waals surface area contributed by atoms with Crippen molar-refractivity contribution < 1.29 is 14.6 Å². The number of aromatic hydroxyl groups is 1. The molecule has 1 unspecified atom stereocenters. The molecule has 0 fully saturated rings. The van der Waals surface area contributed by atoms with Gasteiger partial charge in [0.05, 0.1) is 6.61 Å². The summed E-state index contributed by atoms with van der Waals surface area (Å²) in [6.07, 6.45) is 1.43. The Labute approximate surface area is 105 Å². The smallest absolute Gasteiger partial charge is 0.347 e. The number of carbonyl (C=O) groups is 1. The molecular weight excluding hydrogens is 234 g/mol. The number of nitrogens with zero attached hydrogens (tertiary/aromatic N) is 1. The van der Waals surface area contributed by atoms with Gasteiger partial charge in [0.1, 0.15) is 5.75 Å². The number of carbonyl (C=O) groups excluding carboxylic acids is 1. The number of rotatable bonds is 2. The molecule has 98 valence electrons. The van der Waals surface area contributed by atoms with Crippen molar-refractivity contribution in [3.8, 4) is 5.75 Å². The van der Waals surface area contributed by atoms with Crippen LogP contribution < -0.4 is 5.56 Å². The topological polar surface area (TPSA) is 68.5 Å². The molecular formula is C13H17NO4. The van der Waals surface area contributed by atoms with E-state index < -0.39 is 11.5 Å². The van der Waals surface area contributed by atoms with Crippen molar-refractivity contribution in [3.05, 3.63) is 27.2 Å². The van der Waals surface area contributed by atoms with Crippen LogP contribution in [0.15, 0.2) is 4.79 Å². The van der Waals surface area contributed by atoms with Crippen molar-refractivity contribution in [3.63, 3.8) is 0 Å². The summed E-state index contributed by atoms with van der Waals surface area (Å²) in [6.45, 7) is 3.89. The second kappa shape index (κ2) is 4.48. The van der Waals surface area contributed by atoms with E-state index in [-0.39, 0.29) is 17.9 Å². The average Bonchev–Trinajstić information content (AvgIpc) is 2.69. The van der Waals surface area contributed by atoms with E-state index in [0.717, 1.165) is 12.1 Å². The minimum Gasteiger partial charge on any atom is -0.506 e. The molecule has 1 aromatic heterocycles. The van der Waals surface area contributed by atoms with Gasteiger partial charge in [-0.3, -0.25) is 4.79 Å². The first kappa shape index (κ1) is 12.7. The van der Waals surface area contributed by atoms with Gasteiger partial charge < -0.3 is 14.4 Å². The lowest BCUT2D eigenvalue weighted by Crippen LogP contribution is -2.28. The third kappa shape index (κ3) is 1.79. The lowest BCUT2D eigenvalue weighted by atomic mass is 10.1. The van der Waals surface area contributed by atoms with E-state index in [1.54, 1.807) is 14.0 Å². The third-order valence-corrected chi connectivity index (χ3v) is 3.37. The van der Waals surface area contributed by atoms with Crippen LogP contribution in [0.4, 0.5) is 0 Å². The number of pyridine rings is 1. The normalized spacial score (nSPS) is 17.6. The predicted molar refractivity (Wildman–Crippen MR) is 65.9 cm³/mol. The second-order valence-corrected chi connectivity index (χ2v) is 4.75. The summed E-state index contributed by atoms with van der Waals surface area (Å²) in [4.78, 5) is 23.8. The van der Waals surface area contributed by atoms with Crippen LogP contribution in [-0.4, -0.2) is 22.2 Å². The largest absolute Gasteiger partial charge is 0.506 e. The Bertz CT molecular complexity index is 559. The maximum absolute atomic E-state index is 12.1. The Morgan fingerprint density at radius 3 is 2.78 bits per heavy atom. The zero-order chi connectivity index (χ0) is 13.4. The summed E-state index contributed by atoms with van der Waals surface area (Å²) in [7, 11) is 1.63. The van der Waals surface area contributed by atoms with Gasteiger partial charge in [0.15, 0.2) is 5.56 Å². The Morgan fingerprint density at radius 2 is 2.17 bits per heavy atom. The first-order valence-corrected chi connectivity index (χ1v) is 6.08. The van der Waals surface area contributed by atoms with Crippen LogP contribution in [-0.2, 0) is 24.6 Å². The maximum atomic E-state index is 12.1. The third-order valence-electron chi connectivity index (χ3n) is 3.37. The maximum Gasteiger partial charge on any atom is 0.347 e. The molecule has 1 aliphatic carbocycles. The van der Waals surface area contributed by atoms with Crippen LogP contribution in [0, 0.1) is 5.92 Å². The number of fused-ring (bicyclic) bond motifs is 1. The quantitative estimate of drug-likeness (QED) is 0.796. The molecule has 0 bridgehead atoms. The molecule has 1 aliphatic rings. The number of ether oxygens (including phenoxy) is 1. The fraction of sp³-hybridized carbons (Fsp3) is 0.538. The fourth-order valence-corrected chi connectivity index (χ4v) is 2.49. The van der Waals surface area contributed by atoms with Crippen LogP contribution in [0.3, 0.4) is 0 Å². The van der Waals surface area contributed by atoms with E-state index >= 15 is 0 Å².